The first-order valence-electron chi connectivity index (χ1n) is 6.22. The van der Waals surface area contributed by atoms with Crippen LogP contribution in [-0.4, -0.2) is 16.5 Å². The molecule has 0 unspecified atom stereocenters. The van der Waals surface area contributed by atoms with Crippen molar-refractivity contribution in [3.05, 3.63) is 80.9 Å². The first kappa shape index (κ1) is 12.9. The van der Waals surface area contributed by atoms with Gasteiger partial charge in [0.25, 0.3) is 5.69 Å². The van der Waals surface area contributed by atoms with Crippen LogP contribution in [0.1, 0.15) is 26.3 Å². The Bertz CT molecular complexity index is 784. The minimum absolute atomic E-state index is 0.0386. The fourth-order valence-corrected chi connectivity index (χ4v) is 2.30. The molecule has 0 saturated carbocycles. The molecule has 1 aliphatic rings. The lowest BCUT2D eigenvalue weighted by Gasteiger charge is -1.96. The van der Waals surface area contributed by atoms with Crippen molar-refractivity contribution < 1.29 is 14.5 Å². The number of carbonyl (C=O) groups is 2. The van der Waals surface area contributed by atoms with Gasteiger partial charge in [-0.05, 0) is 11.6 Å². The first-order chi connectivity index (χ1) is 10.1. The Balaban J connectivity index is 2.06. The lowest BCUT2D eigenvalue weighted by atomic mass is 10.1. The molecule has 2 aromatic rings. The smallest absolute Gasteiger partial charge is 0.270 e. The highest BCUT2D eigenvalue weighted by molar-refractivity contribution is 6.41. The third-order valence-corrected chi connectivity index (χ3v) is 3.30. The molecule has 0 heterocycles. The van der Waals surface area contributed by atoms with Gasteiger partial charge in [-0.3, -0.25) is 19.7 Å². The molecule has 21 heavy (non-hydrogen) atoms. The van der Waals surface area contributed by atoms with Crippen LogP contribution >= 0.6 is 0 Å². The molecule has 1 aliphatic carbocycles. The van der Waals surface area contributed by atoms with Gasteiger partial charge in [-0.1, -0.05) is 36.4 Å². The molecule has 102 valence electrons. The standard InChI is InChI=1S/C16H9NO4/c18-15-12-6-1-2-7-13(12)16(19)14(15)9-10-4-3-5-11(8-10)17(20)21/h1-9H. The first-order valence-corrected chi connectivity index (χ1v) is 6.22. The Morgan fingerprint density at radius 3 is 2.10 bits per heavy atom. The van der Waals surface area contributed by atoms with E-state index in [1.54, 1.807) is 30.3 Å². The average Bonchev–Trinajstić information content (AvgIpc) is 2.73. The number of nitrogens with zero attached hydrogens (tertiary/aromatic N) is 1. The highest BCUT2D eigenvalue weighted by Gasteiger charge is 2.32. The number of nitro benzene ring substituents is 1. The van der Waals surface area contributed by atoms with E-state index in [0.29, 0.717) is 16.7 Å². The van der Waals surface area contributed by atoms with E-state index in [1.165, 1.54) is 24.3 Å². The summed E-state index contributed by atoms with van der Waals surface area (Å²) < 4.78 is 0. The Morgan fingerprint density at radius 2 is 1.52 bits per heavy atom. The van der Waals surface area contributed by atoms with E-state index in [4.69, 9.17) is 0 Å². The highest BCUT2D eigenvalue weighted by Crippen LogP contribution is 2.28. The molecule has 2 aromatic carbocycles. The van der Waals surface area contributed by atoms with Crippen molar-refractivity contribution >= 4 is 23.3 Å². The number of hydrogen-bond acceptors (Lipinski definition) is 4. The zero-order valence-electron chi connectivity index (χ0n) is 10.8. The second kappa shape index (κ2) is 4.79. The molecule has 0 atom stereocenters. The SMILES string of the molecule is O=C1C(=Cc2cccc([N+](=O)[O-])c2)C(=O)c2ccccc21. The van der Waals surface area contributed by atoms with E-state index >= 15 is 0 Å². The number of allylic oxidation sites excluding steroid dienone is 1. The van der Waals surface area contributed by atoms with Crippen molar-refractivity contribution in [2.75, 3.05) is 0 Å². The maximum absolute atomic E-state index is 12.2. The van der Waals surface area contributed by atoms with Crippen LogP contribution in [-0.2, 0) is 0 Å². The molecule has 0 N–H and O–H groups in total. The zero-order valence-corrected chi connectivity index (χ0v) is 10.8. The highest BCUT2D eigenvalue weighted by atomic mass is 16.6. The maximum Gasteiger partial charge on any atom is 0.270 e. The van der Waals surface area contributed by atoms with Crippen molar-refractivity contribution in [1.29, 1.82) is 0 Å². The summed E-state index contributed by atoms with van der Waals surface area (Å²) in [6.45, 7) is 0. The number of Topliss-reactive ketones (excluding diaryl/α,β-unsaturated/α-hetero) is 2. The second-order valence-corrected chi connectivity index (χ2v) is 4.61. The molecule has 0 aromatic heterocycles. The van der Waals surface area contributed by atoms with Gasteiger partial charge in [-0.25, -0.2) is 0 Å². The van der Waals surface area contributed by atoms with Crippen molar-refractivity contribution in [2.24, 2.45) is 0 Å². The quantitative estimate of drug-likeness (QED) is 0.366. The van der Waals surface area contributed by atoms with Crippen LogP contribution < -0.4 is 0 Å². The Kier molecular flexibility index (Phi) is 2.95. The van der Waals surface area contributed by atoms with Gasteiger partial charge in [0.2, 0.25) is 0 Å². The van der Waals surface area contributed by atoms with Gasteiger partial charge >= 0.3 is 0 Å². The van der Waals surface area contributed by atoms with Crippen LogP contribution in [0.25, 0.3) is 6.08 Å². The van der Waals surface area contributed by atoms with E-state index in [1.807, 2.05) is 0 Å². The van der Waals surface area contributed by atoms with Gasteiger partial charge in [-0.2, -0.15) is 0 Å². The van der Waals surface area contributed by atoms with Gasteiger partial charge in [-0.15, -0.1) is 0 Å². The van der Waals surface area contributed by atoms with E-state index in [2.05, 4.69) is 0 Å². The molecule has 0 radical (unpaired) electrons. The molecular formula is C16H9NO4. The maximum atomic E-state index is 12.2. The number of fused-ring (bicyclic) bond motifs is 1. The predicted octanol–water partition coefficient (Wildman–Crippen LogP) is 3.06. The van der Waals surface area contributed by atoms with Gasteiger partial charge in [0.05, 0.1) is 10.5 Å². The van der Waals surface area contributed by atoms with Crippen LogP contribution in [0, 0.1) is 10.1 Å². The van der Waals surface area contributed by atoms with Crippen molar-refractivity contribution in [1.82, 2.24) is 0 Å². The molecule has 0 fully saturated rings. The minimum atomic E-state index is -0.519. The largest absolute Gasteiger partial charge is 0.288 e. The average molecular weight is 279 g/mol. The summed E-state index contributed by atoms with van der Waals surface area (Å²) >= 11 is 0. The van der Waals surface area contributed by atoms with Crippen molar-refractivity contribution in [2.45, 2.75) is 0 Å². The summed E-state index contributed by atoms with van der Waals surface area (Å²) in [4.78, 5) is 34.6. The summed E-state index contributed by atoms with van der Waals surface area (Å²) in [6, 6.07) is 12.4. The number of carbonyl (C=O) groups excluding carboxylic acids is 2. The summed E-state index contributed by atoms with van der Waals surface area (Å²) in [5, 5.41) is 10.7. The molecule has 0 bridgehead atoms. The van der Waals surface area contributed by atoms with E-state index < -0.39 is 4.92 Å². The van der Waals surface area contributed by atoms with Crippen LogP contribution in [0.3, 0.4) is 0 Å². The minimum Gasteiger partial charge on any atom is -0.288 e. The lowest BCUT2D eigenvalue weighted by molar-refractivity contribution is -0.384. The molecular weight excluding hydrogens is 270 g/mol. The monoisotopic (exact) mass is 279 g/mol. The number of hydrogen-bond donors (Lipinski definition) is 0. The predicted molar refractivity (Wildman–Crippen MR) is 76.2 cm³/mol. The molecule has 0 spiro atoms. The van der Waals surface area contributed by atoms with E-state index in [9.17, 15) is 19.7 Å². The zero-order chi connectivity index (χ0) is 15.0. The molecule has 5 nitrogen and oxygen atoms in total. The van der Waals surface area contributed by atoms with E-state index in [-0.39, 0.29) is 22.8 Å². The molecule has 5 heteroatoms. The molecule has 0 saturated heterocycles. The molecule has 0 amide bonds. The fraction of sp³-hybridized carbons (Fsp3) is 0. The number of rotatable bonds is 2. The molecule has 0 aliphatic heterocycles. The van der Waals surface area contributed by atoms with Crippen molar-refractivity contribution in [3.63, 3.8) is 0 Å². The summed E-state index contributed by atoms with van der Waals surface area (Å²) in [7, 11) is 0. The molecule has 3 rings (SSSR count). The van der Waals surface area contributed by atoms with Gasteiger partial charge in [0, 0.05) is 23.3 Å². The van der Waals surface area contributed by atoms with Crippen LogP contribution in [0.15, 0.2) is 54.1 Å². The van der Waals surface area contributed by atoms with Gasteiger partial charge in [0.1, 0.15) is 0 Å². The summed E-state index contributed by atoms with van der Waals surface area (Å²) in [5.41, 5.74) is 1.16. The third-order valence-electron chi connectivity index (χ3n) is 3.30. The summed E-state index contributed by atoms with van der Waals surface area (Å²) in [6.07, 6.45) is 1.40. The summed E-state index contributed by atoms with van der Waals surface area (Å²) in [5.74, 6) is -0.691. The number of ketones is 2. The van der Waals surface area contributed by atoms with Crippen LogP contribution in [0.2, 0.25) is 0 Å². The Morgan fingerprint density at radius 1 is 0.905 bits per heavy atom. The van der Waals surface area contributed by atoms with Crippen molar-refractivity contribution in [3.8, 4) is 0 Å². The Hall–Kier alpha value is -3.08. The van der Waals surface area contributed by atoms with Crippen LogP contribution in [0.5, 0.6) is 0 Å². The van der Waals surface area contributed by atoms with Crippen LogP contribution in [0.4, 0.5) is 5.69 Å². The normalized spacial score (nSPS) is 13.2. The topological polar surface area (TPSA) is 77.3 Å². The third kappa shape index (κ3) is 2.14. The van der Waals surface area contributed by atoms with E-state index in [0.717, 1.165) is 0 Å². The fourth-order valence-electron chi connectivity index (χ4n) is 2.30. The van der Waals surface area contributed by atoms with Gasteiger partial charge in [0.15, 0.2) is 11.6 Å². The van der Waals surface area contributed by atoms with Gasteiger partial charge < -0.3 is 0 Å². The Labute approximate surface area is 119 Å². The lowest BCUT2D eigenvalue weighted by Crippen LogP contribution is -2.00. The number of nitro groups is 1. The second-order valence-electron chi connectivity index (χ2n) is 4.61. The number of benzene rings is 2. The number of non-ortho nitro benzene ring substituents is 1.